The summed E-state index contributed by atoms with van der Waals surface area (Å²) in [6, 6.07) is 9.54. The van der Waals surface area contributed by atoms with Gasteiger partial charge in [0.25, 0.3) is 0 Å². The van der Waals surface area contributed by atoms with E-state index in [9.17, 15) is 9.59 Å². The second-order valence-corrected chi connectivity index (χ2v) is 8.88. The van der Waals surface area contributed by atoms with Gasteiger partial charge in [-0.3, -0.25) is 14.6 Å². The van der Waals surface area contributed by atoms with E-state index in [1.54, 1.807) is 6.20 Å². The number of fused-ring (bicyclic) bond motifs is 2. The molecule has 5 rings (SSSR count). The zero-order chi connectivity index (χ0) is 23.8. The molecule has 0 amide bonds. The number of ether oxygens (including phenoxy) is 3. The first-order chi connectivity index (χ1) is 16.5. The molecule has 7 heteroatoms. The van der Waals surface area contributed by atoms with Gasteiger partial charge in [-0.15, -0.1) is 0 Å². The van der Waals surface area contributed by atoms with Gasteiger partial charge < -0.3 is 19.1 Å². The Kier molecular flexibility index (Phi) is 5.86. The summed E-state index contributed by atoms with van der Waals surface area (Å²) in [6.07, 6.45) is 3.00. The van der Waals surface area contributed by atoms with Gasteiger partial charge in [-0.25, -0.2) is 0 Å². The van der Waals surface area contributed by atoms with Crippen LogP contribution in [0.2, 0.25) is 0 Å². The third-order valence-corrected chi connectivity index (χ3v) is 6.78. The lowest BCUT2D eigenvalue weighted by molar-refractivity contribution is -0.148. The highest BCUT2D eigenvalue weighted by Gasteiger charge is 2.30. The van der Waals surface area contributed by atoms with Crippen molar-refractivity contribution in [3.05, 3.63) is 58.8 Å². The fraction of sp³-hybridized carbons (Fsp3) is 0.370. The minimum atomic E-state index is -0.142. The van der Waals surface area contributed by atoms with Crippen LogP contribution < -0.4 is 14.4 Å². The lowest BCUT2D eigenvalue weighted by atomic mass is 9.93. The van der Waals surface area contributed by atoms with Crippen molar-refractivity contribution in [2.45, 2.75) is 33.6 Å². The number of nitrogens with zero attached hydrogens (tertiary/aromatic N) is 2. The number of ketones is 1. The Hall–Kier alpha value is -3.61. The smallest absolute Gasteiger partial charge is 0.309 e. The Morgan fingerprint density at radius 2 is 1.79 bits per heavy atom. The number of hydrogen-bond acceptors (Lipinski definition) is 7. The highest BCUT2D eigenvalue weighted by Crippen LogP contribution is 2.41. The van der Waals surface area contributed by atoms with Crippen molar-refractivity contribution in [2.24, 2.45) is 5.92 Å². The number of esters is 1. The molecule has 2 aliphatic rings. The number of hydrogen-bond donors (Lipinski definition) is 0. The third kappa shape index (κ3) is 3.95. The Morgan fingerprint density at radius 3 is 2.50 bits per heavy atom. The van der Waals surface area contributed by atoms with Crippen LogP contribution in [0.1, 0.15) is 46.8 Å². The minimum absolute atomic E-state index is 0.0716. The SMILES string of the molecule is CCOC(=O)C1CCN(c2c(C(=O)c3ccc(C)c(C)c3)cnc3cc4c(cc23)OCO4)CC1. The molecule has 0 unspecified atom stereocenters. The molecule has 0 bridgehead atoms. The van der Waals surface area contributed by atoms with Crippen LogP contribution in [-0.2, 0) is 9.53 Å². The van der Waals surface area contributed by atoms with Crippen molar-refractivity contribution in [3.8, 4) is 11.5 Å². The average molecular weight is 461 g/mol. The maximum absolute atomic E-state index is 13.7. The van der Waals surface area contributed by atoms with Gasteiger partial charge in [-0.1, -0.05) is 12.1 Å². The molecule has 176 valence electrons. The molecule has 7 nitrogen and oxygen atoms in total. The molecule has 1 saturated heterocycles. The summed E-state index contributed by atoms with van der Waals surface area (Å²) in [7, 11) is 0. The number of carbonyl (C=O) groups excluding carboxylic acids is 2. The van der Waals surface area contributed by atoms with Gasteiger partial charge in [0, 0.05) is 36.3 Å². The van der Waals surface area contributed by atoms with E-state index in [-0.39, 0.29) is 24.5 Å². The molecule has 2 aliphatic heterocycles. The van der Waals surface area contributed by atoms with E-state index in [4.69, 9.17) is 14.2 Å². The van der Waals surface area contributed by atoms with Crippen molar-refractivity contribution in [1.82, 2.24) is 4.98 Å². The van der Waals surface area contributed by atoms with Crippen molar-refractivity contribution < 1.29 is 23.8 Å². The summed E-state index contributed by atoms with van der Waals surface area (Å²) >= 11 is 0. The van der Waals surface area contributed by atoms with Gasteiger partial charge in [-0.2, -0.15) is 0 Å². The first-order valence-corrected chi connectivity index (χ1v) is 11.7. The molecular weight excluding hydrogens is 432 g/mol. The monoisotopic (exact) mass is 460 g/mol. The highest BCUT2D eigenvalue weighted by atomic mass is 16.7. The lowest BCUT2D eigenvalue weighted by Gasteiger charge is -2.34. The predicted octanol–water partition coefficient (Wildman–Crippen LogP) is 4.59. The van der Waals surface area contributed by atoms with E-state index >= 15 is 0 Å². The van der Waals surface area contributed by atoms with Crippen LogP contribution in [0.25, 0.3) is 10.9 Å². The standard InChI is InChI=1S/C27H28N2O5/c1-4-32-27(31)18-7-9-29(10-8-18)25-20-12-23-24(34-15-33-23)13-22(20)28-14-21(25)26(30)19-6-5-16(2)17(3)11-19/h5-6,11-14,18H,4,7-10,15H2,1-3H3. The van der Waals surface area contributed by atoms with E-state index < -0.39 is 0 Å². The van der Waals surface area contributed by atoms with Crippen LogP contribution in [0.15, 0.2) is 36.5 Å². The summed E-state index contributed by atoms with van der Waals surface area (Å²) in [5, 5.41) is 0.841. The molecule has 3 heterocycles. The summed E-state index contributed by atoms with van der Waals surface area (Å²) in [5.74, 6) is 0.964. The van der Waals surface area contributed by atoms with Gasteiger partial charge in [0.05, 0.1) is 29.3 Å². The van der Waals surface area contributed by atoms with Crippen molar-refractivity contribution in [2.75, 3.05) is 31.4 Å². The first-order valence-electron chi connectivity index (χ1n) is 11.7. The number of benzene rings is 2. The Morgan fingerprint density at radius 1 is 1.06 bits per heavy atom. The Labute approximate surface area is 198 Å². The van der Waals surface area contributed by atoms with E-state index in [0.29, 0.717) is 55.2 Å². The first kappa shape index (κ1) is 22.2. The summed E-state index contributed by atoms with van der Waals surface area (Å²) in [4.78, 5) is 32.8. The zero-order valence-corrected chi connectivity index (χ0v) is 19.7. The summed E-state index contributed by atoms with van der Waals surface area (Å²) in [5.41, 5.74) is 4.95. The number of carbonyl (C=O) groups is 2. The fourth-order valence-electron chi connectivity index (χ4n) is 4.71. The second kappa shape index (κ2) is 8.97. The van der Waals surface area contributed by atoms with Crippen LogP contribution in [0, 0.1) is 19.8 Å². The average Bonchev–Trinajstić information content (AvgIpc) is 3.31. The molecule has 0 saturated carbocycles. The van der Waals surface area contributed by atoms with Crippen molar-refractivity contribution in [3.63, 3.8) is 0 Å². The topological polar surface area (TPSA) is 78.0 Å². The maximum Gasteiger partial charge on any atom is 0.309 e. The Bertz CT molecular complexity index is 1280. The number of rotatable bonds is 5. The number of aryl methyl sites for hydroxylation is 2. The van der Waals surface area contributed by atoms with Crippen molar-refractivity contribution >= 4 is 28.3 Å². The molecule has 0 aliphatic carbocycles. The Balaban J connectivity index is 1.58. The van der Waals surface area contributed by atoms with E-state index in [2.05, 4.69) is 9.88 Å². The molecule has 34 heavy (non-hydrogen) atoms. The lowest BCUT2D eigenvalue weighted by Crippen LogP contribution is -2.38. The summed E-state index contributed by atoms with van der Waals surface area (Å²) in [6.45, 7) is 7.70. The van der Waals surface area contributed by atoms with Crippen molar-refractivity contribution in [1.29, 1.82) is 0 Å². The van der Waals surface area contributed by atoms with E-state index in [1.807, 2.05) is 51.1 Å². The van der Waals surface area contributed by atoms with E-state index in [1.165, 1.54) is 0 Å². The molecule has 3 aromatic rings. The van der Waals surface area contributed by atoms with Gasteiger partial charge >= 0.3 is 5.97 Å². The molecule has 0 spiro atoms. The van der Waals surface area contributed by atoms with Crippen LogP contribution in [0.4, 0.5) is 5.69 Å². The van der Waals surface area contributed by atoms with Crippen LogP contribution in [0.3, 0.4) is 0 Å². The zero-order valence-electron chi connectivity index (χ0n) is 19.7. The maximum atomic E-state index is 13.7. The molecule has 0 N–H and O–H groups in total. The number of anilines is 1. The quantitative estimate of drug-likeness (QED) is 0.407. The van der Waals surface area contributed by atoms with Crippen LogP contribution >= 0.6 is 0 Å². The molecule has 2 aromatic carbocycles. The molecule has 0 atom stereocenters. The number of piperidine rings is 1. The predicted molar refractivity (Wildman–Crippen MR) is 129 cm³/mol. The van der Waals surface area contributed by atoms with Crippen LogP contribution in [-0.4, -0.2) is 43.2 Å². The normalized spacial score (nSPS) is 15.6. The number of aromatic nitrogens is 1. The molecule has 1 fully saturated rings. The molecule has 1 aromatic heterocycles. The highest BCUT2D eigenvalue weighted by molar-refractivity contribution is 6.16. The van der Waals surface area contributed by atoms with Gasteiger partial charge in [0.1, 0.15) is 0 Å². The third-order valence-electron chi connectivity index (χ3n) is 6.78. The van der Waals surface area contributed by atoms with E-state index in [0.717, 1.165) is 27.7 Å². The minimum Gasteiger partial charge on any atom is -0.466 e. The second-order valence-electron chi connectivity index (χ2n) is 8.88. The molecular formula is C27H28N2O5. The number of pyridine rings is 1. The van der Waals surface area contributed by atoms with Gasteiger partial charge in [-0.05, 0) is 56.9 Å². The molecule has 0 radical (unpaired) electrons. The summed E-state index contributed by atoms with van der Waals surface area (Å²) < 4.78 is 16.4. The van der Waals surface area contributed by atoms with Gasteiger partial charge in [0.15, 0.2) is 17.3 Å². The largest absolute Gasteiger partial charge is 0.466 e. The van der Waals surface area contributed by atoms with Gasteiger partial charge in [0.2, 0.25) is 6.79 Å². The fourth-order valence-corrected chi connectivity index (χ4v) is 4.71. The van der Waals surface area contributed by atoms with Crippen LogP contribution in [0.5, 0.6) is 11.5 Å².